The van der Waals surface area contributed by atoms with Crippen LogP contribution in [0, 0.1) is 0 Å². The fourth-order valence-electron chi connectivity index (χ4n) is 4.53. The number of anilines is 1. The van der Waals surface area contributed by atoms with Gasteiger partial charge in [-0.2, -0.15) is 5.10 Å². The Bertz CT molecular complexity index is 1230. The lowest BCUT2D eigenvalue weighted by Gasteiger charge is -2.33. The van der Waals surface area contributed by atoms with Gasteiger partial charge in [0.2, 0.25) is 0 Å². The maximum absolute atomic E-state index is 5.86. The van der Waals surface area contributed by atoms with Crippen molar-refractivity contribution in [3.8, 4) is 11.1 Å². The number of hydrazone groups is 1. The third-order valence-electron chi connectivity index (χ3n) is 6.09. The number of hydrogen-bond donors (Lipinski definition) is 1. The van der Waals surface area contributed by atoms with Gasteiger partial charge >= 0.3 is 0 Å². The summed E-state index contributed by atoms with van der Waals surface area (Å²) in [4.78, 5) is 0. The topological polar surface area (TPSA) is 42.8 Å². The van der Waals surface area contributed by atoms with Gasteiger partial charge in [0.15, 0.2) is 0 Å². The molecule has 0 saturated heterocycles. The van der Waals surface area contributed by atoms with Crippen molar-refractivity contribution in [3.05, 3.63) is 125 Å². The van der Waals surface area contributed by atoms with E-state index in [9.17, 15) is 0 Å². The summed E-state index contributed by atoms with van der Waals surface area (Å²) in [6, 6.07) is 35.1. The minimum atomic E-state index is -0.165. The summed E-state index contributed by atoms with van der Waals surface area (Å²) in [5.74, 6) is 0. The van der Waals surface area contributed by atoms with Crippen LogP contribution in [0.25, 0.3) is 11.1 Å². The summed E-state index contributed by atoms with van der Waals surface area (Å²) >= 11 is 0. The Morgan fingerprint density at radius 2 is 1.18 bits per heavy atom. The van der Waals surface area contributed by atoms with E-state index in [2.05, 4.69) is 60.0 Å². The van der Waals surface area contributed by atoms with Crippen LogP contribution in [0.4, 0.5) is 5.69 Å². The van der Waals surface area contributed by atoms with Crippen LogP contribution in [0.1, 0.15) is 34.5 Å². The molecule has 33 heavy (non-hydrogen) atoms. The summed E-state index contributed by atoms with van der Waals surface area (Å²) < 4.78 is 11.7. The van der Waals surface area contributed by atoms with Crippen LogP contribution < -0.4 is 5.43 Å². The van der Waals surface area contributed by atoms with Crippen LogP contribution in [-0.4, -0.2) is 19.9 Å². The number of nitrogens with one attached hydrogen (secondary N) is 1. The standard InChI is InChI=1S/C29H26N2O2/c1-32-28-24-16-10-9-15-23(24)26-19-22(17-18-25(26)29(28)33-2)30-31-27(20-11-5-3-6-12-20)21-13-7-4-8-14-21/h3-19,28-30H,1-2H3. The van der Waals surface area contributed by atoms with E-state index in [-0.39, 0.29) is 12.2 Å². The van der Waals surface area contributed by atoms with Crippen LogP contribution in [-0.2, 0) is 9.47 Å². The van der Waals surface area contributed by atoms with Gasteiger partial charge in [0.1, 0.15) is 12.2 Å². The van der Waals surface area contributed by atoms with Crippen molar-refractivity contribution in [1.29, 1.82) is 0 Å². The van der Waals surface area contributed by atoms with Crippen molar-refractivity contribution < 1.29 is 9.47 Å². The molecule has 1 aliphatic carbocycles. The summed E-state index contributed by atoms with van der Waals surface area (Å²) in [5, 5.41) is 4.82. The lowest BCUT2D eigenvalue weighted by molar-refractivity contribution is -0.0408. The molecule has 5 rings (SSSR count). The second-order valence-corrected chi connectivity index (χ2v) is 8.01. The highest BCUT2D eigenvalue weighted by Crippen LogP contribution is 2.48. The average molecular weight is 435 g/mol. The number of benzene rings is 4. The SMILES string of the molecule is COC1c2ccccc2-c2cc(NN=C(c3ccccc3)c3ccccc3)ccc2C1OC. The molecule has 164 valence electrons. The maximum Gasteiger partial charge on any atom is 0.113 e. The molecule has 1 N–H and O–H groups in total. The molecule has 0 fully saturated rings. The van der Waals surface area contributed by atoms with Gasteiger partial charge in [0.25, 0.3) is 0 Å². The van der Waals surface area contributed by atoms with Crippen molar-refractivity contribution >= 4 is 11.4 Å². The van der Waals surface area contributed by atoms with Crippen LogP contribution in [0.15, 0.2) is 108 Å². The molecule has 2 atom stereocenters. The van der Waals surface area contributed by atoms with E-state index < -0.39 is 0 Å². The van der Waals surface area contributed by atoms with Gasteiger partial charge in [-0.25, -0.2) is 0 Å². The highest BCUT2D eigenvalue weighted by atomic mass is 16.5. The van der Waals surface area contributed by atoms with Crippen LogP contribution in [0.2, 0.25) is 0 Å². The molecule has 0 radical (unpaired) electrons. The fraction of sp³-hybridized carbons (Fsp3) is 0.138. The first kappa shape index (κ1) is 21.1. The molecule has 0 aromatic heterocycles. The second kappa shape index (κ2) is 9.41. The first-order chi connectivity index (χ1) is 16.3. The lowest BCUT2D eigenvalue weighted by atomic mass is 9.81. The zero-order chi connectivity index (χ0) is 22.6. The van der Waals surface area contributed by atoms with Crippen molar-refractivity contribution in [2.75, 3.05) is 19.6 Å². The van der Waals surface area contributed by atoms with Crippen molar-refractivity contribution in [3.63, 3.8) is 0 Å². The third-order valence-corrected chi connectivity index (χ3v) is 6.09. The van der Waals surface area contributed by atoms with Gasteiger partial charge in [-0.05, 0) is 34.4 Å². The predicted octanol–water partition coefficient (Wildman–Crippen LogP) is 6.61. The van der Waals surface area contributed by atoms with Crippen molar-refractivity contribution in [2.24, 2.45) is 5.10 Å². The fourth-order valence-corrected chi connectivity index (χ4v) is 4.53. The normalized spacial score (nSPS) is 16.4. The Morgan fingerprint density at radius 3 is 1.79 bits per heavy atom. The van der Waals surface area contributed by atoms with E-state index in [1.165, 1.54) is 0 Å². The van der Waals surface area contributed by atoms with Gasteiger partial charge in [-0.3, -0.25) is 5.43 Å². The Hall–Kier alpha value is -3.73. The molecule has 4 aromatic carbocycles. The molecule has 1 aliphatic rings. The van der Waals surface area contributed by atoms with E-state index in [1.807, 2.05) is 48.5 Å². The number of methoxy groups -OCH3 is 2. The highest BCUT2D eigenvalue weighted by Gasteiger charge is 2.33. The lowest BCUT2D eigenvalue weighted by Crippen LogP contribution is -2.21. The molecule has 0 bridgehead atoms. The Kier molecular flexibility index (Phi) is 6.03. The van der Waals surface area contributed by atoms with Gasteiger partial charge in [0, 0.05) is 25.3 Å². The first-order valence-electron chi connectivity index (χ1n) is 11.0. The summed E-state index contributed by atoms with van der Waals surface area (Å²) in [6.45, 7) is 0. The van der Waals surface area contributed by atoms with Crippen molar-refractivity contribution in [1.82, 2.24) is 0 Å². The Morgan fingerprint density at radius 1 is 0.636 bits per heavy atom. The van der Waals surface area contributed by atoms with Gasteiger partial charge in [-0.1, -0.05) is 91.0 Å². The predicted molar refractivity (Wildman–Crippen MR) is 134 cm³/mol. The average Bonchev–Trinajstić information content (AvgIpc) is 2.89. The largest absolute Gasteiger partial charge is 0.374 e. The van der Waals surface area contributed by atoms with E-state index in [0.717, 1.165) is 44.8 Å². The Balaban J connectivity index is 1.55. The van der Waals surface area contributed by atoms with Crippen LogP contribution in [0.5, 0.6) is 0 Å². The summed E-state index contributed by atoms with van der Waals surface area (Å²) in [7, 11) is 3.47. The van der Waals surface area contributed by atoms with E-state index >= 15 is 0 Å². The molecule has 0 spiro atoms. The molecule has 4 aromatic rings. The van der Waals surface area contributed by atoms with Crippen LogP contribution in [0.3, 0.4) is 0 Å². The quantitative estimate of drug-likeness (QED) is 0.274. The van der Waals surface area contributed by atoms with E-state index in [1.54, 1.807) is 14.2 Å². The van der Waals surface area contributed by atoms with E-state index in [0.29, 0.717) is 0 Å². The molecule has 2 unspecified atom stereocenters. The molecule has 0 saturated carbocycles. The monoisotopic (exact) mass is 434 g/mol. The molecule has 0 amide bonds. The number of nitrogens with zero attached hydrogens (tertiary/aromatic N) is 1. The summed E-state index contributed by atoms with van der Waals surface area (Å²) in [5.41, 5.74) is 11.8. The molecule has 4 nitrogen and oxygen atoms in total. The number of hydrogen-bond acceptors (Lipinski definition) is 4. The van der Waals surface area contributed by atoms with Crippen LogP contribution >= 0.6 is 0 Å². The summed E-state index contributed by atoms with van der Waals surface area (Å²) in [6.07, 6.45) is -0.306. The van der Waals surface area contributed by atoms with Crippen molar-refractivity contribution in [2.45, 2.75) is 12.2 Å². The minimum Gasteiger partial charge on any atom is -0.374 e. The zero-order valence-electron chi connectivity index (χ0n) is 18.7. The zero-order valence-corrected chi connectivity index (χ0v) is 18.7. The molecular weight excluding hydrogens is 408 g/mol. The molecule has 0 heterocycles. The maximum atomic E-state index is 5.86. The molecule has 4 heteroatoms. The molecule has 0 aliphatic heterocycles. The van der Waals surface area contributed by atoms with Gasteiger partial charge < -0.3 is 9.47 Å². The smallest absolute Gasteiger partial charge is 0.113 e. The van der Waals surface area contributed by atoms with Gasteiger partial charge in [-0.15, -0.1) is 0 Å². The number of fused-ring (bicyclic) bond motifs is 3. The minimum absolute atomic E-state index is 0.140. The Labute approximate surface area is 194 Å². The third kappa shape index (κ3) is 4.07. The number of ether oxygens (including phenoxy) is 2. The molecular formula is C29H26N2O2. The van der Waals surface area contributed by atoms with Gasteiger partial charge in [0.05, 0.1) is 11.4 Å². The first-order valence-corrected chi connectivity index (χ1v) is 11.0. The highest BCUT2D eigenvalue weighted by molar-refractivity contribution is 6.13. The van der Waals surface area contributed by atoms with E-state index in [4.69, 9.17) is 14.6 Å². The second-order valence-electron chi connectivity index (χ2n) is 8.01. The number of rotatable bonds is 6.